The summed E-state index contributed by atoms with van der Waals surface area (Å²) in [6.07, 6.45) is 0.541. The molecule has 0 unspecified atom stereocenters. The van der Waals surface area contributed by atoms with Gasteiger partial charge in [-0.2, -0.15) is 0 Å². The lowest BCUT2D eigenvalue weighted by atomic mass is 10.1. The average molecular weight is 424 g/mol. The Labute approximate surface area is 179 Å². The van der Waals surface area contributed by atoms with Gasteiger partial charge in [-0.05, 0) is 69.3 Å². The number of aliphatic carboxylic acids is 1. The fourth-order valence-electron chi connectivity index (χ4n) is 2.77. The molecular formula is C23H24N2O6. The molecule has 162 valence electrons. The van der Waals surface area contributed by atoms with Gasteiger partial charge >= 0.3 is 5.97 Å². The van der Waals surface area contributed by atoms with Gasteiger partial charge in [-0.1, -0.05) is 0 Å². The molecule has 0 bridgehead atoms. The molecule has 0 aliphatic carbocycles. The molecule has 1 amide bonds. The van der Waals surface area contributed by atoms with E-state index < -0.39 is 17.5 Å². The predicted molar refractivity (Wildman–Crippen MR) is 113 cm³/mol. The number of carbonyl (C=O) groups is 2. The summed E-state index contributed by atoms with van der Waals surface area (Å²) in [5, 5.41) is 9.13. The number of nitrogens with two attached hydrogens (primary N) is 1. The van der Waals surface area contributed by atoms with Gasteiger partial charge in [0.25, 0.3) is 0 Å². The van der Waals surface area contributed by atoms with E-state index in [1.807, 2.05) is 6.92 Å². The van der Waals surface area contributed by atoms with Crippen molar-refractivity contribution in [1.29, 1.82) is 0 Å². The standard InChI is InChI=1S/C23H24N2O6/c1-14-19(25-21(30-14)16-6-4-15(5-7-16)20(24)26)12-13-29-17-8-10-18(11-9-17)31-23(2,3)22(27)28/h4-11H,12-13H2,1-3H3,(H2,24,26)(H,27,28). The van der Waals surface area contributed by atoms with Crippen LogP contribution < -0.4 is 15.2 Å². The minimum absolute atomic E-state index is 0.383. The fraction of sp³-hybridized carbons (Fsp3) is 0.261. The van der Waals surface area contributed by atoms with E-state index in [0.717, 1.165) is 11.3 Å². The summed E-state index contributed by atoms with van der Waals surface area (Å²) >= 11 is 0. The number of carboxylic acid groups (broad SMARTS) is 1. The summed E-state index contributed by atoms with van der Waals surface area (Å²) in [5.74, 6) is 0.698. The van der Waals surface area contributed by atoms with Gasteiger partial charge in [0, 0.05) is 17.5 Å². The lowest BCUT2D eigenvalue weighted by Crippen LogP contribution is -2.37. The number of aromatic nitrogens is 1. The molecule has 0 aliphatic rings. The number of aryl methyl sites for hydroxylation is 1. The first kappa shape index (κ1) is 21.9. The van der Waals surface area contributed by atoms with Gasteiger partial charge in [0.05, 0.1) is 12.3 Å². The van der Waals surface area contributed by atoms with E-state index in [4.69, 9.17) is 24.7 Å². The van der Waals surface area contributed by atoms with Crippen LogP contribution in [0, 0.1) is 6.92 Å². The molecule has 8 nitrogen and oxygen atoms in total. The highest BCUT2D eigenvalue weighted by Gasteiger charge is 2.29. The van der Waals surface area contributed by atoms with Crippen molar-refractivity contribution in [2.24, 2.45) is 5.73 Å². The number of carbonyl (C=O) groups excluding carboxylic acids is 1. The van der Waals surface area contributed by atoms with Crippen LogP contribution in [0.25, 0.3) is 11.5 Å². The first-order chi connectivity index (χ1) is 14.7. The molecule has 1 heterocycles. The third kappa shape index (κ3) is 5.42. The Hall–Kier alpha value is -3.81. The maximum Gasteiger partial charge on any atom is 0.347 e. The van der Waals surface area contributed by atoms with Crippen LogP contribution in [0.15, 0.2) is 52.9 Å². The van der Waals surface area contributed by atoms with Crippen molar-refractivity contribution >= 4 is 11.9 Å². The van der Waals surface area contributed by atoms with E-state index in [0.29, 0.717) is 41.7 Å². The Balaban J connectivity index is 1.57. The first-order valence-corrected chi connectivity index (χ1v) is 9.67. The number of carboxylic acids is 1. The second-order valence-electron chi connectivity index (χ2n) is 7.45. The van der Waals surface area contributed by atoms with Crippen LogP contribution in [0.1, 0.15) is 35.7 Å². The molecule has 31 heavy (non-hydrogen) atoms. The predicted octanol–water partition coefficient (Wildman–Crippen LogP) is 3.61. The molecule has 3 rings (SSSR count). The fourth-order valence-corrected chi connectivity index (χ4v) is 2.77. The first-order valence-electron chi connectivity index (χ1n) is 9.67. The van der Waals surface area contributed by atoms with Gasteiger partial charge < -0.3 is 24.7 Å². The molecule has 3 aromatic rings. The smallest absolute Gasteiger partial charge is 0.347 e. The molecular weight excluding hydrogens is 400 g/mol. The van der Waals surface area contributed by atoms with Crippen LogP contribution in [0.4, 0.5) is 0 Å². The van der Waals surface area contributed by atoms with Gasteiger partial charge in [-0.3, -0.25) is 4.79 Å². The Morgan fingerprint density at radius 2 is 1.68 bits per heavy atom. The molecule has 0 spiro atoms. The molecule has 0 atom stereocenters. The van der Waals surface area contributed by atoms with E-state index in [1.54, 1.807) is 48.5 Å². The van der Waals surface area contributed by atoms with Crippen molar-refractivity contribution < 1.29 is 28.6 Å². The monoisotopic (exact) mass is 424 g/mol. The van der Waals surface area contributed by atoms with Crippen molar-refractivity contribution in [3.63, 3.8) is 0 Å². The van der Waals surface area contributed by atoms with Crippen molar-refractivity contribution in [2.45, 2.75) is 32.8 Å². The van der Waals surface area contributed by atoms with Gasteiger partial charge in [0.15, 0.2) is 5.60 Å². The maximum atomic E-state index is 11.2. The summed E-state index contributed by atoms with van der Waals surface area (Å²) in [4.78, 5) is 26.9. The highest BCUT2D eigenvalue weighted by atomic mass is 16.5. The third-order valence-corrected chi connectivity index (χ3v) is 4.63. The molecule has 0 radical (unpaired) electrons. The zero-order valence-corrected chi connectivity index (χ0v) is 17.5. The van der Waals surface area contributed by atoms with Crippen LogP contribution in [-0.4, -0.2) is 34.2 Å². The quantitative estimate of drug-likeness (QED) is 0.537. The van der Waals surface area contributed by atoms with Crippen LogP contribution in [-0.2, 0) is 11.2 Å². The molecule has 0 aliphatic heterocycles. The molecule has 8 heteroatoms. The molecule has 2 aromatic carbocycles. The van der Waals surface area contributed by atoms with E-state index in [1.165, 1.54) is 13.8 Å². The van der Waals surface area contributed by atoms with Crippen LogP contribution >= 0.6 is 0 Å². The van der Waals surface area contributed by atoms with Crippen LogP contribution in [0.2, 0.25) is 0 Å². The van der Waals surface area contributed by atoms with E-state index >= 15 is 0 Å². The highest BCUT2D eigenvalue weighted by Crippen LogP contribution is 2.24. The second kappa shape index (κ2) is 8.91. The number of nitrogens with zero attached hydrogens (tertiary/aromatic N) is 1. The number of ether oxygens (including phenoxy) is 2. The van der Waals surface area contributed by atoms with Crippen molar-refractivity contribution in [3.05, 3.63) is 65.5 Å². The molecule has 1 aromatic heterocycles. The summed E-state index contributed by atoms with van der Waals surface area (Å²) in [6, 6.07) is 13.5. The largest absolute Gasteiger partial charge is 0.493 e. The third-order valence-electron chi connectivity index (χ3n) is 4.63. The zero-order valence-electron chi connectivity index (χ0n) is 17.5. The van der Waals surface area contributed by atoms with Gasteiger partial charge in [0.1, 0.15) is 17.3 Å². The number of amides is 1. The summed E-state index contributed by atoms with van der Waals surface area (Å²) < 4.78 is 17.0. The second-order valence-corrected chi connectivity index (χ2v) is 7.45. The Bertz CT molecular complexity index is 1070. The summed E-state index contributed by atoms with van der Waals surface area (Å²) in [7, 11) is 0. The summed E-state index contributed by atoms with van der Waals surface area (Å²) in [6.45, 7) is 5.19. The van der Waals surface area contributed by atoms with Gasteiger partial charge in [0.2, 0.25) is 11.8 Å². The number of rotatable bonds is 9. The van der Waals surface area contributed by atoms with E-state index in [9.17, 15) is 9.59 Å². The molecule has 3 N–H and O–H groups in total. The van der Waals surface area contributed by atoms with E-state index in [-0.39, 0.29) is 0 Å². The van der Waals surface area contributed by atoms with Crippen molar-refractivity contribution in [1.82, 2.24) is 4.98 Å². The summed E-state index contributed by atoms with van der Waals surface area (Å²) in [5.41, 5.74) is 5.89. The number of primary amides is 1. The average Bonchev–Trinajstić information content (AvgIpc) is 3.09. The SMILES string of the molecule is Cc1oc(-c2ccc(C(N)=O)cc2)nc1CCOc1ccc(OC(C)(C)C(=O)O)cc1. The number of hydrogen-bond donors (Lipinski definition) is 2. The minimum atomic E-state index is -1.31. The maximum absolute atomic E-state index is 11.2. The lowest BCUT2D eigenvalue weighted by molar-refractivity contribution is -0.152. The van der Waals surface area contributed by atoms with Crippen molar-refractivity contribution in [3.8, 4) is 23.0 Å². The molecule has 0 saturated carbocycles. The van der Waals surface area contributed by atoms with Gasteiger partial charge in [-0.25, -0.2) is 9.78 Å². The van der Waals surface area contributed by atoms with Crippen LogP contribution in [0.5, 0.6) is 11.5 Å². The Morgan fingerprint density at radius 1 is 1.06 bits per heavy atom. The van der Waals surface area contributed by atoms with Crippen LogP contribution in [0.3, 0.4) is 0 Å². The highest BCUT2D eigenvalue weighted by molar-refractivity contribution is 5.93. The number of hydrogen-bond acceptors (Lipinski definition) is 6. The topological polar surface area (TPSA) is 125 Å². The molecule has 0 saturated heterocycles. The lowest BCUT2D eigenvalue weighted by Gasteiger charge is -2.21. The number of benzene rings is 2. The van der Waals surface area contributed by atoms with Crippen molar-refractivity contribution in [2.75, 3.05) is 6.61 Å². The zero-order chi connectivity index (χ0) is 22.6. The van der Waals surface area contributed by atoms with Gasteiger partial charge in [-0.15, -0.1) is 0 Å². The Morgan fingerprint density at radius 3 is 2.26 bits per heavy atom. The number of oxazole rings is 1. The normalized spacial score (nSPS) is 11.2. The molecule has 0 fully saturated rings. The van der Waals surface area contributed by atoms with E-state index in [2.05, 4.69) is 4.98 Å². The Kier molecular flexibility index (Phi) is 6.29. The minimum Gasteiger partial charge on any atom is -0.493 e.